The summed E-state index contributed by atoms with van der Waals surface area (Å²) in [7, 11) is 0. The smallest absolute Gasteiger partial charge is 0.131 e. The van der Waals surface area contributed by atoms with Crippen molar-refractivity contribution in [3.8, 4) is 11.4 Å². The highest BCUT2D eigenvalue weighted by atomic mass is 19.1. The van der Waals surface area contributed by atoms with Crippen LogP contribution < -0.4 is 0 Å². The van der Waals surface area contributed by atoms with E-state index in [4.69, 9.17) is 0 Å². The molecule has 0 fully saturated rings. The van der Waals surface area contributed by atoms with Gasteiger partial charge in [-0.25, -0.2) is 8.78 Å². The van der Waals surface area contributed by atoms with Crippen molar-refractivity contribution in [1.29, 1.82) is 0 Å². The van der Waals surface area contributed by atoms with Gasteiger partial charge in [-0.05, 0) is 97.8 Å². The molecule has 0 aliphatic carbocycles. The van der Waals surface area contributed by atoms with Crippen molar-refractivity contribution >= 4 is 67.9 Å². The number of rotatable bonds is 6. The molecule has 0 N–H and O–H groups in total. The summed E-state index contributed by atoms with van der Waals surface area (Å²) in [6.45, 7) is 4.22. The molecule has 7 aromatic carbocycles. The largest absolute Gasteiger partial charge is 0.309 e. The molecular weight excluding hydrogens is 643 g/mol. The summed E-state index contributed by atoms with van der Waals surface area (Å²) < 4.78 is 35.1. The summed E-state index contributed by atoms with van der Waals surface area (Å²) in [6.07, 6.45) is 6.87. The second kappa shape index (κ2) is 12.7. The van der Waals surface area contributed by atoms with Crippen molar-refractivity contribution in [2.45, 2.75) is 13.8 Å². The van der Waals surface area contributed by atoms with Crippen LogP contribution in [0.15, 0.2) is 146 Å². The van der Waals surface area contributed by atoms with E-state index in [1.54, 1.807) is 12.2 Å². The SMILES string of the molecule is Cc1ccc2c(c1)c1ccccc1n2-c1ccc(/C=C/c2cc(F)c(/C=C/c3ccc(-n4c5ccccc5c5cc(C)ccc54)cc3)cc2F)cc1. The molecule has 0 aliphatic rings. The third-order valence-corrected chi connectivity index (χ3v) is 9.99. The van der Waals surface area contributed by atoms with E-state index in [2.05, 4.69) is 132 Å². The lowest BCUT2D eigenvalue weighted by molar-refractivity contribution is 0.596. The van der Waals surface area contributed by atoms with Crippen molar-refractivity contribution in [1.82, 2.24) is 9.13 Å². The van der Waals surface area contributed by atoms with Gasteiger partial charge in [0.15, 0.2) is 0 Å². The fourth-order valence-corrected chi connectivity index (χ4v) is 7.40. The minimum absolute atomic E-state index is 0.196. The van der Waals surface area contributed by atoms with Crippen LogP contribution in [0.4, 0.5) is 8.78 Å². The molecule has 0 radical (unpaired) electrons. The predicted octanol–water partition coefficient (Wildman–Crippen LogP) is 13.1. The number of aryl methyl sites for hydroxylation is 2. The van der Waals surface area contributed by atoms with Gasteiger partial charge in [0.1, 0.15) is 11.6 Å². The maximum atomic E-state index is 15.3. The Kier molecular flexibility index (Phi) is 7.66. The summed E-state index contributed by atoms with van der Waals surface area (Å²) >= 11 is 0. The van der Waals surface area contributed by atoms with Crippen LogP contribution in [-0.4, -0.2) is 9.13 Å². The summed E-state index contributed by atoms with van der Waals surface area (Å²) in [5.41, 5.74) is 11.3. The summed E-state index contributed by atoms with van der Waals surface area (Å²) in [5.74, 6) is -0.960. The maximum absolute atomic E-state index is 15.3. The van der Waals surface area contributed by atoms with Gasteiger partial charge in [-0.2, -0.15) is 0 Å². The van der Waals surface area contributed by atoms with E-state index in [0.29, 0.717) is 0 Å². The fraction of sp³-hybridized carbons (Fsp3) is 0.0417. The van der Waals surface area contributed by atoms with Gasteiger partial charge in [0, 0.05) is 44.0 Å². The zero-order valence-electron chi connectivity index (χ0n) is 28.8. The number of aromatic nitrogens is 2. The second-order valence-electron chi connectivity index (χ2n) is 13.5. The molecule has 9 aromatic rings. The van der Waals surface area contributed by atoms with Crippen LogP contribution in [0.2, 0.25) is 0 Å². The molecule has 0 unspecified atom stereocenters. The average molecular weight is 677 g/mol. The highest BCUT2D eigenvalue weighted by Gasteiger charge is 2.14. The van der Waals surface area contributed by atoms with Crippen LogP contribution in [0.3, 0.4) is 0 Å². The molecule has 2 heterocycles. The fourth-order valence-electron chi connectivity index (χ4n) is 7.40. The van der Waals surface area contributed by atoms with E-state index < -0.39 is 11.6 Å². The summed E-state index contributed by atoms with van der Waals surface area (Å²) in [5, 5.41) is 4.87. The van der Waals surface area contributed by atoms with E-state index in [1.165, 1.54) is 44.8 Å². The summed E-state index contributed by atoms with van der Waals surface area (Å²) in [4.78, 5) is 0. The zero-order chi connectivity index (χ0) is 35.3. The Labute approximate surface area is 300 Å². The molecule has 0 atom stereocenters. The summed E-state index contributed by atoms with van der Waals surface area (Å²) in [6, 6.07) is 48.7. The normalized spacial score (nSPS) is 12.1. The van der Waals surface area contributed by atoms with Crippen LogP contribution in [0.5, 0.6) is 0 Å². The van der Waals surface area contributed by atoms with Gasteiger partial charge in [0.05, 0.1) is 22.1 Å². The molecule has 0 aliphatic heterocycles. The molecule has 0 amide bonds. The van der Waals surface area contributed by atoms with Gasteiger partial charge in [-0.15, -0.1) is 0 Å². The van der Waals surface area contributed by atoms with Gasteiger partial charge < -0.3 is 9.13 Å². The molecule has 4 heteroatoms. The molecule has 2 aromatic heterocycles. The number of benzene rings is 7. The van der Waals surface area contributed by atoms with E-state index in [1.807, 2.05) is 36.4 Å². The van der Waals surface area contributed by atoms with Crippen molar-refractivity contribution in [3.05, 3.63) is 191 Å². The van der Waals surface area contributed by atoms with Crippen LogP contribution >= 0.6 is 0 Å². The number of hydrogen-bond donors (Lipinski definition) is 0. The van der Waals surface area contributed by atoms with Crippen molar-refractivity contribution in [2.24, 2.45) is 0 Å². The number of nitrogens with zero attached hydrogens (tertiary/aromatic N) is 2. The van der Waals surface area contributed by atoms with Crippen LogP contribution in [-0.2, 0) is 0 Å². The standard InChI is InChI=1S/C48H34F2N2/c1-31-11-25-47-41(27-31)39-7-3-5-9-45(39)51(47)37-21-15-33(16-22-37)13-19-35-29-44(50)36(30-43(35)49)20-14-34-17-23-38(24-18-34)52-46-10-6-4-8-40(46)42-28-32(2)12-26-48(42)52/h3-30H,1-2H3/b19-13+,20-14+. The lowest BCUT2D eigenvalue weighted by Gasteiger charge is -2.08. The monoisotopic (exact) mass is 676 g/mol. The molecule has 0 saturated heterocycles. The Morgan fingerprint density at radius 1 is 0.385 bits per heavy atom. The van der Waals surface area contributed by atoms with Gasteiger partial charge in [-0.3, -0.25) is 0 Å². The third-order valence-electron chi connectivity index (χ3n) is 9.99. The molecule has 250 valence electrons. The number of halogens is 2. The first-order valence-electron chi connectivity index (χ1n) is 17.5. The van der Waals surface area contributed by atoms with Crippen LogP contribution in [0.25, 0.3) is 79.3 Å². The van der Waals surface area contributed by atoms with Gasteiger partial charge in [-0.1, -0.05) is 108 Å². The average Bonchev–Trinajstić information content (AvgIpc) is 3.67. The molecule has 0 saturated carbocycles. The predicted molar refractivity (Wildman–Crippen MR) is 215 cm³/mol. The van der Waals surface area contributed by atoms with Crippen molar-refractivity contribution in [3.63, 3.8) is 0 Å². The van der Waals surface area contributed by atoms with Gasteiger partial charge >= 0.3 is 0 Å². The molecule has 2 nitrogen and oxygen atoms in total. The Morgan fingerprint density at radius 2 is 0.769 bits per heavy atom. The second-order valence-corrected chi connectivity index (χ2v) is 13.5. The minimum atomic E-state index is -0.480. The number of fused-ring (bicyclic) bond motifs is 6. The van der Waals surface area contributed by atoms with E-state index >= 15 is 8.78 Å². The Morgan fingerprint density at radius 3 is 1.19 bits per heavy atom. The highest BCUT2D eigenvalue weighted by molar-refractivity contribution is 6.10. The molecule has 9 rings (SSSR count). The molecular formula is C48H34F2N2. The van der Waals surface area contributed by atoms with E-state index in [0.717, 1.165) is 44.6 Å². The third kappa shape index (κ3) is 5.50. The Bertz CT molecular complexity index is 2670. The van der Waals surface area contributed by atoms with Gasteiger partial charge in [0.25, 0.3) is 0 Å². The Hall–Kier alpha value is -6.52. The maximum Gasteiger partial charge on any atom is 0.131 e. The lowest BCUT2D eigenvalue weighted by atomic mass is 10.1. The topological polar surface area (TPSA) is 9.86 Å². The minimum Gasteiger partial charge on any atom is -0.309 e. The lowest BCUT2D eigenvalue weighted by Crippen LogP contribution is -1.93. The van der Waals surface area contributed by atoms with Crippen LogP contribution in [0.1, 0.15) is 33.4 Å². The quantitative estimate of drug-likeness (QED) is 0.155. The first-order chi connectivity index (χ1) is 25.4. The zero-order valence-corrected chi connectivity index (χ0v) is 28.8. The van der Waals surface area contributed by atoms with Crippen molar-refractivity contribution < 1.29 is 8.78 Å². The number of para-hydroxylation sites is 2. The van der Waals surface area contributed by atoms with E-state index in [-0.39, 0.29) is 11.1 Å². The van der Waals surface area contributed by atoms with Crippen molar-refractivity contribution in [2.75, 3.05) is 0 Å². The Balaban J connectivity index is 0.942. The first kappa shape index (κ1) is 31.5. The molecule has 0 bridgehead atoms. The van der Waals surface area contributed by atoms with Crippen LogP contribution in [0, 0.1) is 25.5 Å². The number of hydrogen-bond acceptors (Lipinski definition) is 0. The molecule has 52 heavy (non-hydrogen) atoms. The van der Waals surface area contributed by atoms with E-state index in [9.17, 15) is 0 Å². The first-order valence-corrected chi connectivity index (χ1v) is 17.5. The highest BCUT2D eigenvalue weighted by Crippen LogP contribution is 2.34. The van der Waals surface area contributed by atoms with Gasteiger partial charge in [0.2, 0.25) is 0 Å². The molecule has 0 spiro atoms.